The first-order chi connectivity index (χ1) is 9.83. The van der Waals surface area contributed by atoms with Crippen molar-refractivity contribution < 1.29 is 0 Å². The van der Waals surface area contributed by atoms with Crippen LogP contribution in [0.5, 0.6) is 0 Å². The van der Waals surface area contributed by atoms with Crippen LogP contribution in [0.1, 0.15) is 0 Å². The van der Waals surface area contributed by atoms with E-state index in [0.29, 0.717) is 0 Å². The van der Waals surface area contributed by atoms with E-state index in [9.17, 15) is 0 Å². The topological polar surface area (TPSA) is 38.0 Å². The molecule has 3 aromatic rings. The number of nitrogen functional groups attached to an aromatic ring is 1. The second-order valence-corrected chi connectivity index (χ2v) is 4.66. The summed E-state index contributed by atoms with van der Waals surface area (Å²) in [5, 5.41) is 3.43. The van der Waals surface area contributed by atoms with Crippen molar-refractivity contribution in [1.29, 1.82) is 0 Å². The zero-order chi connectivity index (χ0) is 13.8. The second-order valence-electron chi connectivity index (χ2n) is 4.66. The highest BCUT2D eigenvalue weighted by molar-refractivity contribution is 5.81. The molecule has 0 fully saturated rings. The molecule has 3 rings (SSSR count). The summed E-state index contributed by atoms with van der Waals surface area (Å²) >= 11 is 0. The number of anilines is 3. The zero-order valence-electron chi connectivity index (χ0n) is 11.1. The predicted molar refractivity (Wildman–Crippen MR) is 86.0 cm³/mol. The van der Waals surface area contributed by atoms with Gasteiger partial charge in [-0.3, -0.25) is 0 Å². The van der Waals surface area contributed by atoms with E-state index in [4.69, 9.17) is 5.73 Å². The third kappa shape index (κ3) is 2.64. The fourth-order valence-electron chi connectivity index (χ4n) is 2.23. The van der Waals surface area contributed by atoms with Gasteiger partial charge in [-0.05, 0) is 29.8 Å². The molecule has 0 unspecified atom stereocenters. The van der Waals surface area contributed by atoms with Gasteiger partial charge in [0.05, 0.1) is 0 Å². The average molecular weight is 260 g/mol. The van der Waals surface area contributed by atoms with Crippen LogP contribution in [0.25, 0.3) is 11.1 Å². The van der Waals surface area contributed by atoms with E-state index in [2.05, 4.69) is 29.6 Å². The van der Waals surface area contributed by atoms with E-state index in [1.54, 1.807) is 0 Å². The lowest BCUT2D eigenvalue weighted by Crippen LogP contribution is -1.94. The zero-order valence-corrected chi connectivity index (χ0v) is 11.1. The van der Waals surface area contributed by atoms with Crippen molar-refractivity contribution in [2.24, 2.45) is 0 Å². The van der Waals surface area contributed by atoms with Gasteiger partial charge >= 0.3 is 0 Å². The van der Waals surface area contributed by atoms with Crippen LogP contribution in [0.3, 0.4) is 0 Å². The Bertz CT molecular complexity index is 705. The summed E-state index contributed by atoms with van der Waals surface area (Å²) in [5.41, 5.74) is 11.0. The molecule has 0 aliphatic carbocycles. The van der Waals surface area contributed by atoms with Crippen molar-refractivity contribution in [3.8, 4) is 11.1 Å². The SMILES string of the molecule is Nc1cccc(Nc2ccccc2-c2ccccc2)c1. The van der Waals surface area contributed by atoms with Gasteiger partial charge in [-0.25, -0.2) is 0 Å². The maximum absolute atomic E-state index is 5.82. The largest absolute Gasteiger partial charge is 0.399 e. The predicted octanol–water partition coefficient (Wildman–Crippen LogP) is 4.68. The number of rotatable bonds is 3. The molecule has 0 bridgehead atoms. The monoisotopic (exact) mass is 260 g/mol. The molecule has 3 aromatic carbocycles. The van der Waals surface area contributed by atoms with E-state index in [1.807, 2.05) is 54.6 Å². The van der Waals surface area contributed by atoms with Crippen LogP contribution in [0.15, 0.2) is 78.9 Å². The molecule has 0 radical (unpaired) electrons. The molecule has 0 spiro atoms. The third-order valence-electron chi connectivity index (χ3n) is 3.18. The lowest BCUT2D eigenvalue weighted by atomic mass is 10.0. The first kappa shape index (κ1) is 12.3. The summed E-state index contributed by atoms with van der Waals surface area (Å²) in [7, 11) is 0. The lowest BCUT2D eigenvalue weighted by molar-refractivity contribution is 1.53. The summed E-state index contributed by atoms with van der Waals surface area (Å²) < 4.78 is 0. The van der Waals surface area contributed by atoms with Crippen molar-refractivity contribution in [1.82, 2.24) is 0 Å². The number of nitrogens with one attached hydrogen (secondary N) is 1. The number of para-hydroxylation sites is 1. The molecule has 2 nitrogen and oxygen atoms in total. The van der Waals surface area contributed by atoms with Gasteiger partial charge < -0.3 is 11.1 Å². The highest BCUT2D eigenvalue weighted by Crippen LogP contribution is 2.30. The summed E-state index contributed by atoms with van der Waals surface area (Å²) in [6, 6.07) is 26.4. The molecule has 20 heavy (non-hydrogen) atoms. The Morgan fingerprint density at radius 3 is 2.25 bits per heavy atom. The molecule has 0 saturated carbocycles. The minimum atomic E-state index is 0.757. The van der Waals surface area contributed by atoms with Gasteiger partial charge in [0.15, 0.2) is 0 Å². The normalized spacial score (nSPS) is 10.2. The molecular weight excluding hydrogens is 244 g/mol. The van der Waals surface area contributed by atoms with Crippen molar-refractivity contribution >= 4 is 17.1 Å². The van der Waals surface area contributed by atoms with Crippen molar-refractivity contribution in [2.45, 2.75) is 0 Å². The van der Waals surface area contributed by atoms with Gasteiger partial charge in [-0.1, -0.05) is 54.6 Å². The van der Waals surface area contributed by atoms with E-state index in [1.165, 1.54) is 11.1 Å². The summed E-state index contributed by atoms with van der Waals surface area (Å²) in [6.45, 7) is 0. The van der Waals surface area contributed by atoms with Crippen LogP contribution in [0, 0.1) is 0 Å². The molecule has 0 amide bonds. The van der Waals surface area contributed by atoms with Crippen LogP contribution in [-0.4, -0.2) is 0 Å². The summed E-state index contributed by atoms with van der Waals surface area (Å²) in [4.78, 5) is 0. The quantitative estimate of drug-likeness (QED) is 0.671. The molecule has 3 N–H and O–H groups in total. The second kappa shape index (κ2) is 5.49. The minimum absolute atomic E-state index is 0.757. The van der Waals surface area contributed by atoms with Crippen LogP contribution in [0.2, 0.25) is 0 Å². The van der Waals surface area contributed by atoms with Crippen molar-refractivity contribution in [3.63, 3.8) is 0 Å². The van der Waals surface area contributed by atoms with Gasteiger partial charge in [0.1, 0.15) is 0 Å². The Labute approximate surface area is 118 Å². The maximum Gasteiger partial charge on any atom is 0.0463 e. The average Bonchev–Trinajstić information content (AvgIpc) is 2.49. The van der Waals surface area contributed by atoms with Crippen LogP contribution in [-0.2, 0) is 0 Å². The minimum Gasteiger partial charge on any atom is -0.399 e. The molecule has 0 aliphatic rings. The van der Waals surface area contributed by atoms with Gasteiger partial charge in [0.25, 0.3) is 0 Å². The van der Waals surface area contributed by atoms with Crippen LogP contribution >= 0.6 is 0 Å². The third-order valence-corrected chi connectivity index (χ3v) is 3.18. The Morgan fingerprint density at radius 1 is 0.700 bits per heavy atom. The van der Waals surface area contributed by atoms with Gasteiger partial charge in [0, 0.05) is 22.6 Å². The van der Waals surface area contributed by atoms with E-state index < -0.39 is 0 Å². The number of nitrogens with two attached hydrogens (primary N) is 1. The van der Waals surface area contributed by atoms with E-state index in [0.717, 1.165) is 17.1 Å². The van der Waals surface area contributed by atoms with E-state index in [-0.39, 0.29) is 0 Å². The van der Waals surface area contributed by atoms with Gasteiger partial charge in [-0.2, -0.15) is 0 Å². The highest BCUT2D eigenvalue weighted by Gasteiger charge is 2.04. The van der Waals surface area contributed by atoms with E-state index >= 15 is 0 Å². The van der Waals surface area contributed by atoms with Gasteiger partial charge in [0.2, 0.25) is 0 Å². The molecule has 2 heteroatoms. The summed E-state index contributed by atoms with van der Waals surface area (Å²) in [5.74, 6) is 0. The molecule has 0 saturated heterocycles. The highest BCUT2D eigenvalue weighted by atomic mass is 14.9. The van der Waals surface area contributed by atoms with Crippen LogP contribution < -0.4 is 11.1 Å². The lowest BCUT2D eigenvalue weighted by Gasteiger charge is -2.12. The van der Waals surface area contributed by atoms with Crippen molar-refractivity contribution in [2.75, 3.05) is 11.1 Å². The molecule has 0 heterocycles. The fraction of sp³-hybridized carbons (Fsp3) is 0. The van der Waals surface area contributed by atoms with Gasteiger partial charge in [-0.15, -0.1) is 0 Å². The molecule has 0 atom stereocenters. The Kier molecular flexibility index (Phi) is 3.38. The molecular formula is C18H16N2. The molecule has 98 valence electrons. The smallest absolute Gasteiger partial charge is 0.0463 e. The standard InChI is InChI=1S/C18H16N2/c19-15-9-6-10-16(13-15)20-18-12-5-4-11-17(18)14-7-2-1-3-8-14/h1-13,20H,19H2. The Morgan fingerprint density at radius 2 is 1.45 bits per heavy atom. The maximum atomic E-state index is 5.82. The molecule has 0 aromatic heterocycles. The number of hydrogen-bond donors (Lipinski definition) is 2. The molecule has 0 aliphatic heterocycles. The first-order valence-electron chi connectivity index (χ1n) is 6.60. The number of benzene rings is 3. The number of hydrogen-bond acceptors (Lipinski definition) is 2. The summed E-state index contributed by atoms with van der Waals surface area (Å²) in [6.07, 6.45) is 0. The van der Waals surface area contributed by atoms with Crippen LogP contribution in [0.4, 0.5) is 17.1 Å². The fourth-order valence-corrected chi connectivity index (χ4v) is 2.23. The Hall–Kier alpha value is -2.74. The Balaban J connectivity index is 1.99. The first-order valence-corrected chi connectivity index (χ1v) is 6.60. The van der Waals surface area contributed by atoms with Crippen molar-refractivity contribution in [3.05, 3.63) is 78.9 Å².